The van der Waals surface area contributed by atoms with E-state index >= 15 is 0 Å². The predicted molar refractivity (Wildman–Crippen MR) is 108 cm³/mol. The van der Waals surface area contributed by atoms with Gasteiger partial charge in [-0.2, -0.15) is 5.10 Å². The molecule has 1 atom stereocenters. The highest BCUT2D eigenvalue weighted by atomic mass is 32.1. The summed E-state index contributed by atoms with van der Waals surface area (Å²) < 4.78 is 11.5. The number of methoxy groups -OCH3 is 2. The lowest BCUT2D eigenvalue weighted by molar-refractivity contribution is -0.121. The molecule has 0 saturated heterocycles. The number of hydrogen-bond donors (Lipinski definition) is 2. The van der Waals surface area contributed by atoms with Crippen molar-refractivity contribution in [1.29, 1.82) is 0 Å². The van der Waals surface area contributed by atoms with Gasteiger partial charge in [-0.1, -0.05) is 23.5 Å². The van der Waals surface area contributed by atoms with Crippen molar-refractivity contribution in [2.75, 3.05) is 19.5 Å². The van der Waals surface area contributed by atoms with Crippen LogP contribution in [0.1, 0.15) is 12.5 Å². The van der Waals surface area contributed by atoms with E-state index in [2.05, 4.69) is 20.8 Å². The number of benzene rings is 2. The topological polar surface area (TPSA) is 84.8 Å². The summed E-state index contributed by atoms with van der Waals surface area (Å²) in [6.07, 6.45) is 1.54. The lowest BCUT2D eigenvalue weighted by Crippen LogP contribution is -2.34. The normalized spacial score (nSPS) is 12.1. The van der Waals surface area contributed by atoms with Gasteiger partial charge in [-0.05, 0) is 31.2 Å². The third-order valence-electron chi connectivity index (χ3n) is 3.79. The molecule has 140 valence electrons. The summed E-state index contributed by atoms with van der Waals surface area (Å²) in [6.45, 7) is 1.76. The first-order valence-corrected chi connectivity index (χ1v) is 9.09. The summed E-state index contributed by atoms with van der Waals surface area (Å²) in [4.78, 5) is 16.7. The van der Waals surface area contributed by atoms with Crippen molar-refractivity contribution in [1.82, 2.24) is 10.4 Å². The van der Waals surface area contributed by atoms with Crippen LogP contribution in [-0.4, -0.2) is 37.4 Å². The van der Waals surface area contributed by atoms with Crippen LogP contribution in [0.3, 0.4) is 0 Å². The Hall–Kier alpha value is -3.13. The molecule has 0 unspecified atom stereocenters. The monoisotopic (exact) mass is 384 g/mol. The second-order valence-corrected chi connectivity index (χ2v) is 6.76. The summed E-state index contributed by atoms with van der Waals surface area (Å²) in [5, 5.41) is 7.80. The number of ether oxygens (including phenoxy) is 2. The van der Waals surface area contributed by atoms with Crippen LogP contribution >= 0.6 is 11.3 Å². The van der Waals surface area contributed by atoms with Gasteiger partial charge in [0.05, 0.1) is 30.7 Å². The first-order valence-electron chi connectivity index (χ1n) is 8.27. The van der Waals surface area contributed by atoms with Gasteiger partial charge in [0.1, 0.15) is 17.5 Å². The Morgan fingerprint density at radius 1 is 1.19 bits per heavy atom. The molecule has 1 amide bonds. The molecule has 8 heteroatoms. The molecule has 2 aromatic carbocycles. The molecular formula is C19H20N4O3S. The summed E-state index contributed by atoms with van der Waals surface area (Å²) in [6, 6.07) is 12.7. The van der Waals surface area contributed by atoms with Crippen molar-refractivity contribution in [2.24, 2.45) is 5.10 Å². The van der Waals surface area contributed by atoms with Crippen LogP contribution < -0.4 is 20.2 Å². The molecule has 0 radical (unpaired) electrons. The molecule has 0 aliphatic rings. The SMILES string of the molecule is COc1cc(/C=N\NC(=O)[C@H](C)Nc2nc3ccccc3s2)cc(OC)c1. The number of anilines is 1. The Balaban J connectivity index is 1.60. The highest BCUT2D eigenvalue weighted by molar-refractivity contribution is 7.22. The minimum atomic E-state index is -0.484. The first-order chi connectivity index (χ1) is 13.1. The summed E-state index contributed by atoms with van der Waals surface area (Å²) in [5.41, 5.74) is 4.18. The second kappa shape index (κ2) is 8.50. The van der Waals surface area contributed by atoms with Gasteiger partial charge >= 0.3 is 0 Å². The van der Waals surface area contributed by atoms with E-state index in [-0.39, 0.29) is 5.91 Å². The average molecular weight is 384 g/mol. The number of hydrogen-bond acceptors (Lipinski definition) is 7. The Morgan fingerprint density at radius 3 is 2.56 bits per heavy atom. The largest absolute Gasteiger partial charge is 0.497 e. The number of hydrazone groups is 1. The fourth-order valence-electron chi connectivity index (χ4n) is 2.36. The van der Waals surface area contributed by atoms with Crippen LogP contribution in [0.25, 0.3) is 10.2 Å². The molecule has 3 aromatic rings. The van der Waals surface area contributed by atoms with E-state index in [1.807, 2.05) is 24.3 Å². The molecule has 3 rings (SSSR count). The molecule has 0 aliphatic heterocycles. The molecule has 2 N–H and O–H groups in total. The van der Waals surface area contributed by atoms with E-state index in [4.69, 9.17) is 9.47 Å². The smallest absolute Gasteiger partial charge is 0.262 e. The lowest BCUT2D eigenvalue weighted by atomic mass is 10.2. The van der Waals surface area contributed by atoms with Crippen molar-refractivity contribution in [3.05, 3.63) is 48.0 Å². The van der Waals surface area contributed by atoms with Gasteiger partial charge in [0.2, 0.25) is 0 Å². The third-order valence-corrected chi connectivity index (χ3v) is 4.76. The summed E-state index contributed by atoms with van der Waals surface area (Å²) >= 11 is 1.50. The van der Waals surface area contributed by atoms with E-state index in [1.165, 1.54) is 17.6 Å². The van der Waals surface area contributed by atoms with Crippen LogP contribution in [-0.2, 0) is 4.79 Å². The Kier molecular flexibility index (Phi) is 5.87. The molecular weight excluding hydrogens is 364 g/mol. The predicted octanol–water partition coefficient (Wildman–Crippen LogP) is 3.26. The summed E-state index contributed by atoms with van der Waals surface area (Å²) in [5.74, 6) is 1.03. The fourth-order valence-corrected chi connectivity index (χ4v) is 3.31. The van der Waals surface area contributed by atoms with E-state index in [9.17, 15) is 4.79 Å². The van der Waals surface area contributed by atoms with Crippen LogP contribution in [0.15, 0.2) is 47.6 Å². The van der Waals surface area contributed by atoms with Crippen LogP contribution in [0, 0.1) is 0 Å². The van der Waals surface area contributed by atoms with Crippen molar-refractivity contribution in [3.8, 4) is 11.5 Å². The Morgan fingerprint density at radius 2 is 1.89 bits per heavy atom. The molecule has 0 bridgehead atoms. The first kappa shape index (κ1) is 18.7. The van der Waals surface area contributed by atoms with Gasteiger partial charge in [-0.3, -0.25) is 4.79 Å². The highest BCUT2D eigenvalue weighted by Crippen LogP contribution is 2.25. The molecule has 1 aromatic heterocycles. The zero-order valence-electron chi connectivity index (χ0n) is 15.2. The van der Waals surface area contributed by atoms with E-state index in [1.54, 1.807) is 39.3 Å². The number of thiazole rings is 1. The van der Waals surface area contributed by atoms with Gasteiger partial charge < -0.3 is 14.8 Å². The third kappa shape index (κ3) is 4.73. The Bertz CT molecular complexity index is 915. The highest BCUT2D eigenvalue weighted by Gasteiger charge is 2.14. The molecule has 0 saturated carbocycles. The molecule has 27 heavy (non-hydrogen) atoms. The van der Waals surface area contributed by atoms with Crippen LogP contribution in [0.5, 0.6) is 11.5 Å². The minimum Gasteiger partial charge on any atom is -0.497 e. The molecule has 1 heterocycles. The molecule has 0 spiro atoms. The quantitative estimate of drug-likeness (QED) is 0.482. The zero-order valence-corrected chi connectivity index (χ0v) is 16.0. The van der Waals surface area contributed by atoms with Crippen molar-refractivity contribution in [3.63, 3.8) is 0 Å². The molecule has 0 fully saturated rings. The van der Waals surface area contributed by atoms with Crippen LogP contribution in [0.4, 0.5) is 5.13 Å². The number of aromatic nitrogens is 1. The number of nitrogens with zero attached hydrogens (tertiary/aromatic N) is 2. The molecule has 0 aliphatic carbocycles. The maximum atomic E-state index is 12.2. The number of carbonyl (C=O) groups excluding carboxylic acids is 1. The number of fused-ring (bicyclic) bond motifs is 1. The van der Waals surface area contributed by atoms with Gasteiger partial charge in [0.15, 0.2) is 5.13 Å². The van der Waals surface area contributed by atoms with Gasteiger partial charge in [-0.25, -0.2) is 10.4 Å². The number of nitrogens with one attached hydrogen (secondary N) is 2. The van der Waals surface area contributed by atoms with Gasteiger partial charge in [0.25, 0.3) is 5.91 Å². The van der Waals surface area contributed by atoms with Gasteiger partial charge in [0, 0.05) is 11.6 Å². The number of carbonyl (C=O) groups is 1. The maximum absolute atomic E-state index is 12.2. The van der Waals surface area contributed by atoms with Gasteiger partial charge in [-0.15, -0.1) is 0 Å². The standard InChI is InChI=1S/C19H20N4O3S/c1-12(21-19-22-16-6-4-5-7-17(16)27-19)18(24)23-20-11-13-8-14(25-2)10-15(9-13)26-3/h4-12H,1-3H3,(H,21,22)(H,23,24)/b20-11-/t12-/m0/s1. The van der Waals surface area contributed by atoms with Crippen molar-refractivity contribution in [2.45, 2.75) is 13.0 Å². The number of amides is 1. The van der Waals surface area contributed by atoms with E-state index < -0.39 is 6.04 Å². The second-order valence-electron chi connectivity index (χ2n) is 5.73. The van der Waals surface area contributed by atoms with Crippen molar-refractivity contribution < 1.29 is 14.3 Å². The Labute approximate surface area is 161 Å². The summed E-state index contributed by atoms with van der Waals surface area (Å²) in [7, 11) is 3.15. The molecule has 7 nitrogen and oxygen atoms in total. The minimum absolute atomic E-state index is 0.264. The number of rotatable bonds is 7. The number of para-hydroxylation sites is 1. The van der Waals surface area contributed by atoms with E-state index in [0.29, 0.717) is 16.6 Å². The maximum Gasteiger partial charge on any atom is 0.262 e. The lowest BCUT2D eigenvalue weighted by Gasteiger charge is -2.10. The van der Waals surface area contributed by atoms with Crippen LogP contribution in [0.2, 0.25) is 0 Å². The average Bonchev–Trinajstić information content (AvgIpc) is 3.09. The zero-order chi connectivity index (χ0) is 19.2. The van der Waals surface area contributed by atoms with Crippen molar-refractivity contribution >= 4 is 38.8 Å². The fraction of sp³-hybridized carbons (Fsp3) is 0.211. The van der Waals surface area contributed by atoms with E-state index in [0.717, 1.165) is 15.8 Å².